The van der Waals surface area contributed by atoms with Crippen LogP contribution in [0.25, 0.3) is 60.6 Å². The van der Waals surface area contributed by atoms with Gasteiger partial charge in [0.15, 0.2) is 5.58 Å². The molecule has 9 rings (SSSR count). The molecule has 7 aromatic carbocycles. The number of rotatable bonds is 5. The molecule has 0 radical (unpaired) electrons. The molecular weight excluding hydrogens is 548 g/mol. The third-order valence-electron chi connectivity index (χ3n) is 8.77. The first-order valence-corrected chi connectivity index (χ1v) is 15.3. The maximum absolute atomic E-state index is 6.93. The molecule has 0 bridgehead atoms. The van der Waals surface area contributed by atoms with Gasteiger partial charge in [0.2, 0.25) is 0 Å². The van der Waals surface area contributed by atoms with Gasteiger partial charge in [0, 0.05) is 38.7 Å². The number of anilines is 3. The monoisotopic (exact) mass is 576 g/mol. The van der Waals surface area contributed by atoms with Gasteiger partial charge in [-0.3, -0.25) is 0 Å². The molecule has 9 aromatic rings. The second-order valence-electron chi connectivity index (χ2n) is 11.3. The van der Waals surface area contributed by atoms with Crippen LogP contribution in [0.1, 0.15) is 0 Å². The van der Waals surface area contributed by atoms with Gasteiger partial charge in [-0.2, -0.15) is 0 Å². The van der Waals surface area contributed by atoms with Crippen LogP contribution in [0.5, 0.6) is 0 Å². The minimum Gasteiger partial charge on any atom is -0.453 e. The number of fused-ring (bicyclic) bond motifs is 6. The molecule has 0 spiro atoms. The number of nitrogens with zero attached hydrogens (tertiary/aromatic N) is 2. The zero-order valence-electron chi connectivity index (χ0n) is 24.5. The van der Waals surface area contributed by atoms with Gasteiger partial charge in [-0.05, 0) is 60.0 Å². The van der Waals surface area contributed by atoms with Crippen molar-refractivity contribution in [2.24, 2.45) is 0 Å². The van der Waals surface area contributed by atoms with Crippen molar-refractivity contribution >= 4 is 60.8 Å². The van der Waals surface area contributed by atoms with Gasteiger partial charge < -0.3 is 13.9 Å². The van der Waals surface area contributed by atoms with E-state index in [-0.39, 0.29) is 0 Å². The summed E-state index contributed by atoms with van der Waals surface area (Å²) >= 11 is 0. The zero-order valence-corrected chi connectivity index (χ0v) is 24.5. The molecule has 0 N–H and O–H groups in total. The number of hydrogen-bond donors (Lipinski definition) is 0. The van der Waals surface area contributed by atoms with E-state index in [1.54, 1.807) is 0 Å². The van der Waals surface area contributed by atoms with Crippen LogP contribution < -0.4 is 4.90 Å². The topological polar surface area (TPSA) is 21.3 Å². The first-order chi connectivity index (χ1) is 22.4. The highest BCUT2D eigenvalue weighted by Gasteiger charge is 2.24. The Hall–Kier alpha value is -6.06. The molecule has 2 heterocycles. The molecule has 0 amide bonds. The molecule has 3 nitrogen and oxygen atoms in total. The standard InChI is InChI=1S/C42H28N2O/c1-3-17-30(18-4-1)43(37-28-13-16-29-15-7-8-21-32(29)37)38-26-11-9-22-33(38)34-24-14-25-36-40-42(45-41(34)36)35-23-10-12-27-39(35)44(40)31-19-5-2-6-20-31/h1-28H. The van der Waals surface area contributed by atoms with Gasteiger partial charge in [0.05, 0.1) is 16.9 Å². The Kier molecular flexibility index (Phi) is 5.82. The molecule has 0 unspecified atom stereocenters. The number of aromatic nitrogens is 1. The van der Waals surface area contributed by atoms with Gasteiger partial charge in [-0.1, -0.05) is 115 Å². The lowest BCUT2D eigenvalue weighted by Crippen LogP contribution is -2.11. The van der Waals surface area contributed by atoms with Crippen molar-refractivity contribution < 1.29 is 4.42 Å². The molecule has 0 aliphatic heterocycles. The van der Waals surface area contributed by atoms with Crippen LogP contribution in [0, 0.1) is 0 Å². The van der Waals surface area contributed by atoms with Gasteiger partial charge in [0.1, 0.15) is 11.1 Å². The van der Waals surface area contributed by atoms with E-state index in [1.165, 1.54) is 10.8 Å². The quantitative estimate of drug-likeness (QED) is 0.203. The number of hydrogen-bond acceptors (Lipinski definition) is 2. The molecule has 0 fully saturated rings. The number of benzene rings is 7. The average Bonchev–Trinajstić information content (AvgIpc) is 3.65. The summed E-state index contributed by atoms with van der Waals surface area (Å²) in [5, 5.41) is 4.60. The van der Waals surface area contributed by atoms with Crippen molar-refractivity contribution in [1.82, 2.24) is 4.57 Å². The first kappa shape index (κ1) is 25.4. The van der Waals surface area contributed by atoms with E-state index in [4.69, 9.17) is 4.42 Å². The van der Waals surface area contributed by atoms with E-state index in [0.717, 1.165) is 66.8 Å². The predicted molar refractivity (Wildman–Crippen MR) is 188 cm³/mol. The van der Waals surface area contributed by atoms with Gasteiger partial charge >= 0.3 is 0 Å². The van der Waals surface area contributed by atoms with Crippen molar-refractivity contribution in [1.29, 1.82) is 0 Å². The van der Waals surface area contributed by atoms with E-state index >= 15 is 0 Å². The summed E-state index contributed by atoms with van der Waals surface area (Å²) < 4.78 is 9.26. The van der Waals surface area contributed by atoms with Crippen LogP contribution >= 0.6 is 0 Å². The summed E-state index contributed by atoms with van der Waals surface area (Å²) in [4.78, 5) is 2.37. The lowest BCUT2D eigenvalue weighted by Gasteiger charge is -2.29. The highest BCUT2D eigenvalue weighted by Crippen LogP contribution is 2.47. The van der Waals surface area contributed by atoms with Crippen LogP contribution in [-0.4, -0.2) is 4.57 Å². The van der Waals surface area contributed by atoms with E-state index in [9.17, 15) is 0 Å². The Labute approximate surface area is 260 Å². The molecule has 45 heavy (non-hydrogen) atoms. The highest BCUT2D eigenvalue weighted by molar-refractivity contribution is 6.19. The maximum atomic E-state index is 6.93. The summed E-state index contributed by atoms with van der Waals surface area (Å²) in [5.41, 5.74) is 10.6. The molecule has 212 valence electrons. The summed E-state index contributed by atoms with van der Waals surface area (Å²) in [7, 11) is 0. The minimum absolute atomic E-state index is 0.885. The van der Waals surface area contributed by atoms with Crippen LogP contribution in [0.15, 0.2) is 174 Å². The van der Waals surface area contributed by atoms with E-state index in [1.807, 2.05) is 0 Å². The van der Waals surface area contributed by atoms with E-state index < -0.39 is 0 Å². The van der Waals surface area contributed by atoms with E-state index in [2.05, 4.69) is 179 Å². The molecule has 0 saturated heterocycles. The molecule has 0 atom stereocenters. The second kappa shape index (κ2) is 10.3. The van der Waals surface area contributed by atoms with Crippen LogP contribution in [-0.2, 0) is 0 Å². The molecule has 0 saturated carbocycles. The van der Waals surface area contributed by atoms with Crippen molar-refractivity contribution in [3.05, 3.63) is 170 Å². The summed E-state index contributed by atoms with van der Waals surface area (Å²) in [6.07, 6.45) is 0. The first-order valence-electron chi connectivity index (χ1n) is 15.3. The van der Waals surface area contributed by atoms with Gasteiger partial charge in [-0.15, -0.1) is 0 Å². The third kappa shape index (κ3) is 3.98. The fourth-order valence-corrected chi connectivity index (χ4v) is 6.83. The van der Waals surface area contributed by atoms with Crippen LogP contribution in [0.3, 0.4) is 0 Å². The summed E-state index contributed by atoms with van der Waals surface area (Å²) in [5.74, 6) is 0. The van der Waals surface area contributed by atoms with Crippen LogP contribution in [0.4, 0.5) is 17.1 Å². The lowest BCUT2D eigenvalue weighted by molar-refractivity contribution is 0.674. The van der Waals surface area contributed by atoms with Crippen molar-refractivity contribution in [2.75, 3.05) is 4.90 Å². The SMILES string of the molecule is c1ccc(N(c2ccccc2-c2cccc3c2oc2c4ccccc4n(-c4ccccc4)c32)c2cccc3ccccc23)cc1. The average molecular weight is 577 g/mol. The summed E-state index contributed by atoms with van der Waals surface area (Å²) in [6, 6.07) is 60.0. The Morgan fingerprint density at radius 2 is 1.02 bits per heavy atom. The molecule has 3 heteroatoms. The Balaban J connectivity index is 1.34. The lowest BCUT2D eigenvalue weighted by atomic mass is 9.99. The molecule has 0 aliphatic carbocycles. The molecule has 2 aromatic heterocycles. The maximum Gasteiger partial charge on any atom is 0.161 e. The van der Waals surface area contributed by atoms with Gasteiger partial charge in [0.25, 0.3) is 0 Å². The highest BCUT2D eigenvalue weighted by atomic mass is 16.3. The van der Waals surface area contributed by atoms with Crippen molar-refractivity contribution in [2.45, 2.75) is 0 Å². The second-order valence-corrected chi connectivity index (χ2v) is 11.3. The predicted octanol–water partition coefficient (Wildman–Crippen LogP) is 11.8. The van der Waals surface area contributed by atoms with Crippen LogP contribution in [0.2, 0.25) is 0 Å². The third-order valence-corrected chi connectivity index (χ3v) is 8.77. The fourth-order valence-electron chi connectivity index (χ4n) is 6.83. The fraction of sp³-hybridized carbons (Fsp3) is 0. The molecular formula is C42H28N2O. The Morgan fingerprint density at radius 3 is 1.89 bits per heavy atom. The number of furan rings is 1. The van der Waals surface area contributed by atoms with E-state index in [0.29, 0.717) is 0 Å². The Bertz CT molecular complexity index is 2480. The molecule has 0 aliphatic rings. The van der Waals surface area contributed by atoms with Crippen molar-refractivity contribution in [3.63, 3.8) is 0 Å². The zero-order chi connectivity index (χ0) is 29.7. The Morgan fingerprint density at radius 1 is 0.422 bits per heavy atom. The van der Waals surface area contributed by atoms with Gasteiger partial charge in [-0.25, -0.2) is 0 Å². The smallest absolute Gasteiger partial charge is 0.161 e. The van der Waals surface area contributed by atoms with Crippen molar-refractivity contribution in [3.8, 4) is 16.8 Å². The minimum atomic E-state index is 0.885. The normalized spacial score (nSPS) is 11.6. The summed E-state index contributed by atoms with van der Waals surface area (Å²) in [6.45, 7) is 0. The number of para-hydroxylation sites is 5. The largest absolute Gasteiger partial charge is 0.453 e.